The van der Waals surface area contributed by atoms with Crippen LogP contribution in [0.3, 0.4) is 0 Å². The first-order chi connectivity index (χ1) is 30.0. The van der Waals surface area contributed by atoms with Gasteiger partial charge >= 0.3 is 0 Å². The van der Waals surface area contributed by atoms with E-state index in [0.29, 0.717) is 11.4 Å². The minimum absolute atomic E-state index is 0.172. The Morgan fingerprint density at radius 2 is 1.21 bits per heavy atom. The molecule has 0 saturated carbocycles. The topological polar surface area (TPSA) is 50.9 Å². The molecule has 308 valence electrons. The standard InChI is InChI=1S/C57H59N3O/c1-35-26-27-48(45(28-35)38-20-15-13-16-21-38)60-49-25-19-24-44(52(49)59-54(60)46-32-43(56(7,8)9)33-47(53(46)61)57(10,11)12)40-29-41(31-42(30-40)55(4,5)6)51-37(3)50(36(2)34-58-51)39-22-17-14-18-23-39/h13-34,61H,1-12H3/i1D3. The van der Waals surface area contributed by atoms with Crippen molar-refractivity contribution >= 4 is 11.0 Å². The highest BCUT2D eigenvalue weighted by molar-refractivity contribution is 5.98. The van der Waals surface area contributed by atoms with Crippen molar-refractivity contribution in [3.63, 3.8) is 0 Å². The lowest BCUT2D eigenvalue weighted by molar-refractivity contribution is 0.446. The number of aromatic hydroxyl groups is 1. The van der Waals surface area contributed by atoms with Crippen LogP contribution in [-0.2, 0) is 16.2 Å². The van der Waals surface area contributed by atoms with E-state index in [1.54, 1.807) is 12.1 Å². The molecule has 2 heterocycles. The number of fused-ring (bicyclic) bond motifs is 1. The van der Waals surface area contributed by atoms with Crippen molar-refractivity contribution in [2.45, 2.75) is 99.3 Å². The van der Waals surface area contributed by atoms with Gasteiger partial charge in [0.25, 0.3) is 0 Å². The number of benzene rings is 6. The van der Waals surface area contributed by atoms with Crippen LogP contribution >= 0.6 is 0 Å². The molecule has 0 atom stereocenters. The van der Waals surface area contributed by atoms with Crippen LogP contribution in [0.1, 0.15) is 99.8 Å². The van der Waals surface area contributed by atoms with Crippen LogP contribution < -0.4 is 0 Å². The molecule has 8 rings (SSSR count). The van der Waals surface area contributed by atoms with Crippen LogP contribution in [0, 0.1) is 20.7 Å². The van der Waals surface area contributed by atoms with Gasteiger partial charge in [0.1, 0.15) is 11.6 Å². The van der Waals surface area contributed by atoms with Crippen molar-refractivity contribution < 1.29 is 9.22 Å². The van der Waals surface area contributed by atoms with E-state index in [0.717, 1.165) is 83.6 Å². The van der Waals surface area contributed by atoms with E-state index >= 15 is 0 Å². The predicted octanol–water partition coefficient (Wildman–Crippen LogP) is 15.3. The molecule has 0 saturated heterocycles. The highest BCUT2D eigenvalue weighted by Crippen LogP contribution is 2.46. The molecule has 0 aliphatic heterocycles. The van der Waals surface area contributed by atoms with Crippen LogP contribution in [-0.4, -0.2) is 19.6 Å². The molecule has 0 radical (unpaired) electrons. The Balaban J connectivity index is 1.48. The van der Waals surface area contributed by atoms with Crippen LogP contribution in [0.25, 0.3) is 72.7 Å². The Bertz CT molecular complexity index is 3050. The molecule has 0 bridgehead atoms. The fraction of sp³-hybridized carbons (Fsp3) is 0.263. The molecular formula is C57H59N3O. The van der Waals surface area contributed by atoms with Crippen molar-refractivity contribution in [3.05, 3.63) is 167 Å². The summed E-state index contributed by atoms with van der Waals surface area (Å²) in [5.74, 6) is 0.734. The molecule has 0 unspecified atom stereocenters. The van der Waals surface area contributed by atoms with Gasteiger partial charge in [-0.3, -0.25) is 9.55 Å². The summed E-state index contributed by atoms with van der Waals surface area (Å²) in [5, 5.41) is 12.5. The van der Waals surface area contributed by atoms with Crippen LogP contribution in [0.15, 0.2) is 134 Å². The lowest BCUT2D eigenvalue weighted by Gasteiger charge is -2.27. The number of hydrogen-bond donors (Lipinski definition) is 1. The second-order valence-electron chi connectivity index (χ2n) is 19.7. The molecule has 0 amide bonds. The van der Waals surface area contributed by atoms with Crippen LogP contribution in [0.4, 0.5) is 0 Å². The third kappa shape index (κ3) is 7.81. The summed E-state index contributed by atoms with van der Waals surface area (Å²) >= 11 is 0. The Hall–Kier alpha value is -6.26. The zero-order valence-electron chi connectivity index (χ0n) is 40.5. The molecule has 0 aliphatic carbocycles. The van der Waals surface area contributed by atoms with E-state index < -0.39 is 6.85 Å². The van der Waals surface area contributed by atoms with Gasteiger partial charge in [-0.25, -0.2) is 4.98 Å². The second kappa shape index (κ2) is 15.3. The predicted molar refractivity (Wildman–Crippen MR) is 258 cm³/mol. The molecule has 6 aromatic carbocycles. The molecule has 4 heteroatoms. The van der Waals surface area contributed by atoms with Crippen molar-refractivity contribution in [2.75, 3.05) is 0 Å². The summed E-state index contributed by atoms with van der Waals surface area (Å²) in [7, 11) is 0. The summed E-state index contributed by atoms with van der Waals surface area (Å²) in [6.07, 6.45) is 1.98. The molecule has 0 aliphatic rings. The second-order valence-corrected chi connectivity index (χ2v) is 19.7. The van der Waals surface area contributed by atoms with Gasteiger partial charge < -0.3 is 5.11 Å². The molecular weight excluding hydrogens is 743 g/mol. The third-order valence-electron chi connectivity index (χ3n) is 12.0. The normalized spacial score (nSPS) is 13.3. The number of nitrogens with zero attached hydrogens (tertiary/aromatic N) is 3. The first-order valence-corrected chi connectivity index (χ1v) is 21.3. The molecule has 0 fully saturated rings. The average molecular weight is 805 g/mol. The maximum Gasteiger partial charge on any atom is 0.149 e. The number of para-hydroxylation sites is 1. The molecule has 4 nitrogen and oxygen atoms in total. The molecule has 61 heavy (non-hydrogen) atoms. The minimum atomic E-state index is -2.32. The van der Waals surface area contributed by atoms with E-state index in [1.807, 2.05) is 48.7 Å². The number of aryl methyl sites for hydroxylation is 2. The lowest BCUT2D eigenvalue weighted by atomic mass is 9.79. The number of phenols is 1. The van der Waals surface area contributed by atoms with E-state index in [9.17, 15) is 5.11 Å². The van der Waals surface area contributed by atoms with Gasteiger partial charge in [-0.1, -0.05) is 159 Å². The summed E-state index contributed by atoms with van der Waals surface area (Å²) in [6, 6.07) is 43.0. The monoisotopic (exact) mass is 804 g/mol. The minimum Gasteiger partial charge on any atom is -0.507 e. The summed E-state index contributed by atoms with van der Waals surface area (Å²) in [6.45, 7) is 21.6. The van der Waals surface area contributed by atoms with Gasteiger partial charge in [0.2, 0.25) is 0 Å². The quantitative estimate of drug-likeness (QED) is 0.182. The molecule has 0 spiro atoms. The Labute approximate surface area is 367 Å². The van der Waals surface area contributed by atoms with Crippen molar-refractivity contribution in [1.82, 2.24) is 14.5 Å². The summed E-state index contributed by atoms with van der Waals surface area (Å²) in [5.41, 5.74) is 15.5. The molecule has 1 N–H and O–H groups in total. The Kier molecular flexibility index (Phi) is 9.48. The zero-order chi connectivity index (χ0) is 46.1. The number of aromatic nitrogens is 3. The maximum absolute atomic E-state index is 12.5. The van der Waals surface area contributed by atoms with Crippen molar-refractivity contribution in [2.24, 2.45) is 0 Å². The van der Waals surface area contributed by atoms with Gasteiger partial charge in [0.15, 0.2) is 0 Å². The van der Waals surface area contributed by atoms with Crippen LogP contribution in [0.5, 0.6) is 5.75 Å². The average Bonchev–Trinajstić information content (AvgIpc) is 3.62. The van der Waals surface area contributed by atoms with Crippen molar-refractivity contribution in [3.8, 4) is 67.5 Å². The first kappa shape index (κ1) is 37.7. The Morgan fingerprint density at radius 1 is 0.574 bits per heavy atom. The number of imidazole rings is 1. The lowest BCUT2D eigenvalue weighted by Crippen LogP contribution is -2.17. The number of pyridine rings is 1. The highest BCUT2D eigenvalue weighted by atomic mass is 16.3. The Morgan fingerprint density at radius 3 is 1.85 bits per heavy atom. The maximum atomic E-state index is 12.5. The van der Waals surface area contributed by atoms with Gasteiger partial charge in [0.05, 0.1) is 28.0 Å². The summed E-state index contributed by atoms with van der Waals surface area (Å²) in [4.78, 5) is 10.7. The molecule has 2 aromatic heterocycles. The van der Waals surface area contributed by atoms with Crippen molar-refractivity contribution in [1.29, 1.82) is 0 Å². The van der Waals surface area contributed by atoms with E-state index in [2.05, 4.69) is 154 Å². The first-order valence-electron chi connectivity index (χ1n) is 22.8. The summed E-state index contributed by atoms with van der Waals surface area (Å²) < 4.78 is 27.3. The van der Waals surface area contributed by atoms with Gasteiger partial charge in [0, 0.05) is 32.6 Å². The van der Waals surface area contributed by atoms with E-state index in [1.165, 1.54) is 5.56 Å². The van der Waals surface area contributed by atoms with E-state index in [-0.39, 0.29) is 27.6 Å². The smallest absolute Gasteiger partial charge is 0.149 e. The van der Waals surface area contributed by atoms with Crippen LogP contribution in [0.2, 0.25) is 0 Å². The fourth-order valence-electron chi connectivity index (χ4n) is 8.58. The van der Waals surface area contributed by atoms with Gasteiger partial charge in [-0.15, -0.1) is 0 Å². The zero-order valence-corrected chi connectivity index (χ0v) is 37.5. The van der Waals surface area contributed by atoms with Gasteiger partial charge in [-0.2, -0.15) is 0 Å². The van der Waals surface area contributed by atoms with Gasteiger partial charge in [-0.05, 0) is 118 Å². The highest BCUT2D eigenvalue weighted by Gasteiger charge is 2.30. The van der Waals surface area contributed by atoms with E-state index in [4.69, 9.17) is 14.1 Å². The fourth-order valence-corrected chi connectivity index (χ4v) is 8.58. The third-order valence-corrected chi connectivity index (χ3v) is 12.0. The SMILES string of the molecule is [2H]C([2H])([2H])c1ccc(-n2c(-c3cc(C(C)(C)C)cc(C(C)(C)C)c3O)nc3c(-c4cc(-c5ncc(C)c(-c6ccccc6)c5C)cc(C(C)(C)C)c4)cccc32)c(-c2ccccc2)c1. The largest absolute Gasteiger partial charge is 0.507 e. The number of phenolic OH excluding ortho intramolecular Hbond substituents is 1. The number of hydrogen-bond acceptors (Lipinski definition) is 3. The molecule has 8 aromatic rings. The number of rotatable bonds is 6.